The molecule has 0 aliphatic heterocycles. The molecule has 0 saturated heterocycles. The average Bonchev–Trinajstić information content (AvgIpc) is 2.47. The highest BCUT2D eigenvalue weighted by Gasteiger charge is 2.07. The van der Waals surface area contributed by atoms with E-state index in [1.54, 1.807) is 42.5 Å². The zero-order chi connectivity index (χ0) is 14.5. The maximum absolute atomic E-state index is 12.1. The lowest BCUT2D eigenvalue weighted by atomic mass is 10.1. The third kappa shape index (κ3) is 3.30. The van der Waals surface area contributed by atoms with Crippen LogP contribution in [0.2, 0.25) is 0 Å². The van der Waals surface area contributed by atoms with Crippen LogP contribution in [0.3, 0.4) is 0 Å². The van der Waals surface area contributed by atoms with Crippen molar-refractivity contribution >= 4 is 17.4 Å². The van der Waals surface area contributed by atoms with E-state index in [2.05, 4.69) is 5.32 Å². The lowest BCUT2D eigenvalue weighted by molar-refractivity contribution is 0.101. The Kier molecular flexibility index (Phi) is 4.27. The topological polar surface area (TPSA) is 72.2 Å². The van der Waals surface area contributed by atoms with Crippen LogP contribution < -0.4 is 11.1 Å². The van der Waals surface area contributed by atoms with Crippen LogP contribution in [0.1, 0.15) is 33.2 Å². The van der Waals surface area contributed by atoms with Crippen LogP contribution in [-0.2, 0) is 6.54 Å². The van der Waals surface area contributed by atoms with Gasteiger partial charge in [0, 0.05) is 23.4 Å². The smallest absolute Gasteiger partial charge is 0.255 e. The van der Waals surface area contributed by atoms with E-state index in [0.717, 1.165) is 5.56 Å². The summed E-state index contributed by atoms with van der Waals surface area (Å²) in [5, 5.41) is 2.77. The predicted octanol–water partition coefficient (Wildman–Crippen LogP) is 2.60. The highest BCUT2D eigenvalue weighted by Crippen LogP contribution is 2.13. The number of hydrogen-bond donors (Lipinski definition) is 2. The number of nitrogens with one attached hydrogen (secondary N) is 1. The van der Waals surface area contributed by atoms with Gasteiger partial charge in [-0.15, -0.1) is 0 Å². The molecule has 0 heterocycles. The van der Waals surface area contributed by atoms with E-state index in [1.165, 1.54) is 6.92 Å². The molecule has 0 spiro atoms. The van der Waals surface area contributed by atoms with Crippen molar-refractivity contribution in [2.24, 2.45) is 5.73 Å². The number of amides is 1. The van der Waals surface area contributed by atoms with Gasteiger partial charge >= 0.3 is 0 Å². The van der Waals surface area contributed by atoms with Crippen molar-refractivity contribution in [2.75, 3.05) is 5.32 Å². The van der Waals surface area contributed by atoms with Gasteiger partial charge in [-0.2, -0.15) is 0 Å². The predicted molar refractivity (Wildman–Crippen MR) is 78.7 cm³/mol. The number of carbonyl (C=O) groups is 2. The molecule has 4 nitrogen and oxygen atoms in total. The largest absolute Gasteiger partial charge is 0.326 e. The first kappa shape index (κ1) is 14.0. The van der Waals surface area contributed by atoms with Crippen LogP contribution in [0.25, 0.3) is 0 Å². The molecule has 0 fully saturated rings. The molecular weight excluding hydrogens is 252 g/mol. The number of ketones is 1. The van der Waals surface area contributed by atoms with Gasteiger partial charge < -0.3 is 11.1 Å². The number of rotatable bonds is 4. The molecule has 2 rings (SSSR count). The second-order valence-corrected chi connectivity index (χ2v) is 4.50. The molecule has 4 heteroatoms. The zero-order valence-corrected chi connectivity index (χ0v) is 11.2. The van der Waals surface area contributed by atoms with E-state index in [9.17, 15) is 9.59 Å². The van der Waals surface area contributed by atoms with Crippen molar-refractivity contribution in [1.29, 1.82) is 0 Å². The highest BCUT2D eigenvalue weighted by molar-refractivity contribution is 6.05. The van der Waals surface area contributed by atoms with Crippen molar-refractivity contribution in [1.82, 2.24) is 0 Å². The Hall–Kier alpha value is -2.46. The molecule has 0 unspecified atom stereocenters. The Morgan fingerprint density at radius 2 is 1.75 bits per heavy atom. The standard InChI is InChI=1S/C16H16N2O2/c1-11(19)13-5-3-7-15(9-13)18-16(20)14-6-2-4-12(8-14)10-17/h2-9H,10,17H2,1H3,(H,18,20). The first-order chi connectivity index (χ1) is 9.60. The second-order valence-electron chi connectivity index (χ2n) is 4.50. The first-order valence-corrected chi connectivity index (χ1v) is 6.31. The molecule has 1 amide bonds. The van der Waals surface area contributed by atoms with Crippen LogP contribution >= 0.6 is 0 Å². The molecule has 0 atom stereocenters. The number of carbonyl (C=O) groups excluding carboxylic acids is 2. The Balaban J connectivity index is 2.18. The number of benzene rings is 2. The Morgan fingerprint density at radius 3 is 2.45 bits per heavy atom. The summed E-state index contributed by atoms with van der Waals surface area (Å²) >= 11 is 0. The number of anilines is 1. The van der Waals surface area contributed by atoms with E-state index in [1.807, 2.05) is 6.07 Å². The van der Waals surface area contributed by atoms with E-state index in [-0.39, 0.29) is 11.7 Å². The van der Waals surface area contributed by atoms with Gasteiger partial charge in [-0.25, -0.2) is 0 Å². The second kappa shape index (κ2) is 6.12. The molecule has 0 saturated carbocycles. The van der Waals surface area contributed by atoms with Crippen LogP contribution in [0.4, 0.5) is 5.69 Å². The molecule has 0 bridgehead atoms. The number of hydrogen-bond acceptors (Lipinski definition) is 3. The minimum atomic E-state index is -0.221. The molecule has 3 N–H and O–H groups in total. The van der Waals surface area contributed by atoms with E-state index in [0.29, 0.717) is 23.4 Å². The van der Waals surface area contributed by atoms with Gasteiger partial charge in [-0.05, 0) is 36.8 Å². The molecule has 0 aromatic heterocycles. The highest BCUT2D eigenvalue weighted by atomic mass is 16.1. The molecule has 2 aromatic rings. The fourth-order valence-corrected chi connectivity index (χ4v) is 1.86. The average molecular weight is 268 g/mol. The minimum Gasteiger partial charge on any atom is -0.326 e. The third-order valence-electron chi connectivity index (χ3n) is 2.95. The van der Waals surface area contributed by atoms with Crippen LogP contribution in [-0.4, -0.2) is 11.7 Å². The summed E-state index contributed by atoms with van der Waals surface area (Å²) in [6.45, 7) is 1.88. The van der Waals surface area contributed by atoms with Gasteiger partial charge in [0.25, 0.3) is 5.91 Å². The van der Waals surface area contributed by atoms with Gasteiger partial charge in [0.1, 0.15) is 0 Å². The normalized spacial score (nSPS) is 10.1. The van der Waals surface area contributed by atoms with Gasteiger partial charge in [0.2, 0.25) is 0 Å². The monoisotopic (exact) mass is 268 g/mol. The van der Waals surface area contributed by atoms with Crippen LogP contribution in [0.5, 0.6) is 0 Å². The third-order valence-corrected chi connectivity index (χ3v) is 2.95. The Morgan fingerprint density at radius 1 is 1.05 bits per heavy atom. The summed E-state index contributed by atoms with van der Waals surface area (Å²) in [6, 6.07) is 14.0. The van der Waals surface area contributed by atoms with Gasteiger partial charge in [0.15, 0.2) is 5.78 Å². The molecule has 102 valence electrons. The van der Waals surface area contributed by atoms with Gasteiger partial charge in [0.05, 0.1) is 0 Å². The van der Waals surface area contributed by atoms with E-state index >= 15 is 0 Å². The molecule has 2 aromatic carbocycles. The number of Topliss-reactive ketones (excluding diaryl/α,β-unsaturated/α-hetero) is 1. The summed E-state index contributed by atoms with van der Waals surface area (Å²) in [4.78, 5) is 23.4. The number of nitrogens with two attached hydrogens (primary N) is 1. The molecular formula is C16H16N2O2. The van der Waals surface area contributed by atoms with Crippen molar-refractivity contribution in [3.05, 3.63) is 65.2 Å². The van der Waals surface area contributed by atoms with Crippen molar-refractivity contribution in [2.45, 2.75) is 13.5 Å². The maximum atomic E-state index is 12.1. The fourth-order valence-electron chi connectivity index (χ4n) is 1.86. The lowest BCUT2D eigenvalue weighted by Gasteiger charge is -2.07. The Bertz CT molecular complexity index is 650. The summed E-state index contributed by atoms with van der Waals surface area (Å²) < 4.78 is 0. The zero-order valence-electron chi connectivity index (χ0n) is 11.2. The van der Waals surface area contributed by atoms with Gasteiger partial charge in [-0.3, -0.25) is 9.59 Å². The van der Waals surface area contributed by atoms with Crippen molar-refractivity contribution in [3.63, 3.8) is 0 Å². The minimum absolute atomic E-state index is 0.0359. The molecule has 0 radical (unpaired) electrons. The van der Waals surface area contributed by atoms with E-state index < -0.39 is 0 Å². The summed E-state index contributed by atoms with van der Waals surface area (Å²) in [5.74, 6) is -0.257. The molecule has 20 heavy (non-hydrogen) atoms. The van der Waals surface area contributed by atoms with E-state index in [4.69, 9.17) is 5.73 Å². The maximum Gasteiger partial charge on any atom is 0.255 e. The van der Waals surface area contributed by atoms with Crippen molar-refractivity contribution in [3.8, 4) is 0 Å². The molecule has 0 aliphatic rings. The quantitative estimate of drug-likeness (QED) is 0.837. The van der Waals surface area contributed by atoms with Gasteiger partial charge in [-0.1, -0.05) is 24.3 Å². The fraction of sp³-hybridized carbons (Fsp3) is 0.125. The van der Waals surface area contributed by atoms with Crippen LogP contribution in [0.15, 0.2) is 48.5 Å². The summed E-state index contributed by atoms with van der Waals surface area (Å²) in [7, 11) is 0. The first-order valence-electron chi connectivity index (χ1n) is 6.31. The summed E-state index contributed by atoms with van der Waals surface area (Å²) in [6.07, 6.45) is 0. The Labute approximate surface area is 117 Å². The molecule has 0 aliphatic carbocycles. The van der Waals surface area contributed by atoms with Crippen molar-refractivity contribution < 1.29 is 9.59 Å². The van der Waals surface area contributed by atoms with Crippen LogP contribution in [0, 0.1) is 0 Å². The summed E-state index contributed by atoms with van der Waals surface area (Å²) in [5.41, 5.74) is 8.16. The SMILES string of the molecule is CC(=O)c1cccc(NC(=O)c2cccc(CN)c2)c1. The lowest BCUT2D eigenvalue weighted by Crippen LogP contribution is -2.13.